The lowest BCUT2D eigenvalue weighted by Gasteiger charge is -2.01. The Labute approximate surface area is 70.0 Å². The molecule has 0 atom stereocenters. The summed E-state index contributed by atoms with van der Waals surface area (Å²) in [4.78, 5) is 0. The first-order chi connectivity index (χ1) is 5.11. The van der Waals surface area contributed by atoms with Crippen molar-refractivity contribution in [3.05, 3.63) is 22.8 Å². The van der Waals surface area contributed by atoms with E-state index in [1.165, 1.54) is 16.7 Å². The third-order valence-electron chi connectivity index (χ3n) is 1.99. The Bertz CT molecular complexity index is 175. The molecule has 0 radical (unpaired) electrons. The molecule has 0 aliphatic rings. The number of rotatable bonds is 3. The molecule has 0 aromatic rings. The SMILES string of the molecule is CC/C(C)=C(C)\C=C(\C)CN. The van der Waals surface area contributed by atoms with Gasteiger partial charge in [-0.3, -0.25) is 0 Å². The standard InChI is InChI=1S/C10H19N/c1-5-9(3)10(4)6-8(2)7-11/h6H,5,7,11H2,1-4H3/b8-6-,10-9-. The molecular formula is C10H19N. The molecule has 0 aliphatic heterocycles. The summed E-state index contributed by atoms with van der Waals surface area (Å²) in [6.07, 6.45) is 3.29. The molecule has 0 heterocycles. The molecule has 0 saturated carbocycles. The van der Waals surface area contributed by atoms with Crippen LogP contribution in [0.4, 0.5) is 0 Å². The van der Waals surface area contributed by atoms with Crippen LogP contribution in [0.3, 0.4) is 0 Å². The molecule has 0 rings (SSSR count). The summed E-state index contributed by atoms with van der Waals surface area (Å²) in [7, 11) is 0. The second kappa shape index (κ2) is 5.14. The van der Waals surface area contributed by atoms with Crippen molar-refractivity contribution in [3.63, 3.8) is 0 Å². The fourth-order valence-corrected chi connectivity index (χ4v) is 0.831. The van der Waals surface area contributed by atoms with Crippen LogP contribution in [-0.4, -0.2) is 6.54 Å². The van der Waals surface area contributed by atoms with Crippen molar-refractivity contribution in [2.24, 2.45) is 5.73 Å². The first kappa shape index (κ1) is 10.4. The highest BCUT2D eigenvalue weighted by molar-refractivity contribution is 5.25. The van der Waals surface area contributed by atoms with Crippen molar-refractivity contribution >= 4 is 0 Å². The minimum absolute atomic E-state index is 0.661. The molecule has 2 N–H and O–H groups in total. The fourth-order valence-electron chi connectivity index (χ4n) is 0.831. The molecule has 0 amide bonds. The van der Waals surface area contributed by atoms with Crippen LogP contribution in [0, 0.1) is 0 Å². The van der Waals surface area contributed by atoms with Crippen LogP contribution < -0.4 is 5.73 Å². The van der Waals surface area contributed by atoms with Gasteiger partial charge in [0.1, 0.15) is 0 Å². The second-order valence-electron chi connectivity index (χ2n) is 3.01. The summed E-state index contributed by atoms with van der Waals surface area (Å²) in [6, 6.07) is 0. The predicted octanol–water partition coefficient (Wildman–Crippen LogP) is 2.64. The molecule has 0 fully saturated rings. The van der Waals surface area contributed by atoms with Gasteiger partial charge in [0.2, 0.25) is 0 Å². The lowest BCUT2D eigenvalue weighted by molar-refractivity contribution is 1.06. The van der Waals surface area contributed by atoms with Crippen LogP contribution in [0.2, 0.25) is 0 Å². The molecule has 1 nitrogen and oxygen atoms in total. The molecule has 0 aromatic carbocycles. The molecular weight excluding hydrogens is 134 g/mol. The maximum absolute atomic E-state index is 5.47. The van der Waals surface area contributed by atoms with Crippen LogP contribution in [-0.2, 0) is 0 Å². The summed E-state index contributed by atoms with van der Waals surface area (Å²) in [5.41, 5.74) is 9.52. The van der Waals surface area contributed by atoms with E-state index in [1.807, 2.05) is 0 Å². The summed E-state index contributed by atoms with van der Waals surface area (Å²) in [5, 5.41) is 0. The Hall–Kier alpha value is -0.560. The minimum atomic E-state index is 0.661. The third kappa shape index (κ3) is 3.99. The van der Waals surface area contributed by atoms with Crippen LogP contribution in [0.15, 0.2) is 22.8 Å². The van der Waals surface area contributed by atoms with Crippen LogP contribution >= 0.6 is 0 Å². The molecule has 0 bridgehead atoms. The van der Waals surface area contributed by atoms with Gasteiger partial charge in [-0.1, -0.05) is 29.7 Å². The molecule has 0 spiro atoms. The zero-order chi connectivity index (χ0) is 8.85. The Morgan fingerprint density at radius 1 is 1.27 bits per heavy atom. The van der Waals surface area contributed by atoms with E-state index in [-0.39, 0.29) is 0 Å². The van der Waals surface area contributed by atoms with E-state index in [9.17, 15) is 0 Å². The van der Waals surface area contributed by atoms with Crippen LogP contribution in [0.5, 0.6) is 0 Å². The van der Waals surface area contributed by atoms with E-state index >= 15 is 0 Å². The summed E-state index contributed by atoms with van der Waals surface area (Å²) < 4.78 is 0. The van der Waals surface area contributed by atoms with Crippen molar-refractivity contribution < 1.29 is 0 Å². The van der Waals surface area contributed by atoms with E-state index in [2.05, 4.69) is 33.8 Å². The van der Waals surface area contributed by atoms with Gasteiger partial charge in [0.05, 0.1) is 0 Å². The van der Waals surface area contributed by atoms with Gasteiger partial charge in [-0.05, 0) is 27.2 Å². The summed E-state index contributed by atoms with van der Waals surface area (Å²) in [6.45, 7) is 9.19. The zero-order valence-corrected chi connectivity index (χ0v) is 8.07. The Morgan fingerprint density at radius 2 is 1.82 bits per heavy atom. The van der Waals surface area contributed by atoms with Crippen molar-refractivity contribution in [1.82, 2.24) is 0 Å². The van der Waals surface area contributed by atoms with Crippen LogP contribution in [0.25, 0.3) is 0 Å². The Balaban J connectivity index is 4.37. The van der Waals surface area contributed by atoms with E-state index in [0.29, 0.717) is 6.54 Å². The highest BCUT2D eigenvalue weighted by Gasteiger charge is 1.91. The maximum atomic E-state index is 5.47. The highest BCUT2D eigenvalue weighted by atomic mass is 14.5. The average Bonchev–Trinajstić information content (AvgIpc) is 2.02. The monoisotopic (exact) mass is 153 g/mol. The number of allylic oxidation sites excluding steroid dienone is 3. The second-order valence-corrected chi connectivity index (χ2v) is 3.01. The van der Waals surface area contributed by atoms with E-state index in [4.69, 9.17) is 5.73 Å². The van der Waals surface area contributed by atoms with E-state index < -0.39 is 0 Å². The van der Waals surface area contributed by atoms with Crippen LogP contribution in [0.1, 0.15) is 34.1 Å². The zero-order valence-electron chi connectivity index (χ0n) is 8.07. The predicted molar refractivity (Wildman–Crippen MR) is 51.5 cm³/mol. The number of nitrogens with two attached hydrogens (primary N) is 1. The van der Waals surface area contributed by atoms with Gasteiger partial charge in [0, 0.05) is 6.54 Å². The number of hydrogen-bond acceptors (Lipinski definition) is 1. The average molecular weight is 153 g/mol. The van der Waals surface area contributed by atoms with Gasteiger partial charge < -0.3 is 5.73 Å². The molecule has 0 saturated heterocycles. The fraction of sp³-hybridized carbons (Fsp3) is 0.600. The summed E-state index contributed by atoms with van der Waals surface area (Å²) in [5.74, 6) is 0. The Kier molecular flexibility index (Phi) is 4.88. The first-order valence-corrected chi connectivity index (χ1v) is 4.15. The molecule has 0 aromatic heterocycles. The van der Waals surface area contributed by atoms with Gasteiger partial charge >= 0.3 is 0 Å². The normalized spacial score (nSPS) is 14.8. The quantitative estimate of drug-likeness (QED) is 0.620. The maximum Gasteiger partial charge on any atom is 0.0137 e. The van der Waals surface area contributed by atoms with E-state index in [1.54, 1.807) is 0 Å². The molecule has 1 heteroatoms. The van der Waals surface area contributed by atoms with Gasteiger partial charge in [-0.25, -0.2) is 0 Å². The topological polar surface area (TPSA) is 26.0 Å². The van der Waals surface area contributed by atoms with E-state index in [0.717, 1.165) is 6.42 Å². The third-order valence-corrected chi connectivity index (χ3v) is 1.99. The highest BCUT2D eigenvalue weighted by Crippen LogP contribution is 2.09. The van der Waals surface area contributed by atoms with Crippen molar-refractivity contribution in [3.8, 4) is 0 Å². The summed E-state index contributed by atoms with van der Waals surface area (Å²) >= 11 is 0. The largest absolute Gasteiger partial charge is 0.327 e. The van der Waals surface area contributed by atoms with Crippen molar-refractivity contribution in [1.29, 1.82) is 0 Å². The van der Waals surface area contributed by atoms with Gasteiger partial charge in [0.25, 0.3) is 0 Å². The smallest absolute Gasteiger partial charge is 0.0137 e. The van der Waals surface area contributed by atoms with Crippen molar-refractivity contribution in [2.45, 2.75) is 34.1 Å². The molecule has 0 aliphatic carbocycles. The number of hydrogen-bond donors (Lipinski definition) is 1. The molecule has 11 heavy (non-hydrogen) atoms. The van der Waals surface area contributed by atoms with Gasteiger partial charge in [0.15, 0.2) is 0 Å². The first-order valence-electron chi connectivity index (χ1n) is 4.15. The lowest BCUT2D eigenvalue weighted by Crippen LogP contribution is -1.99. The van der Waals surface area contributed by atoms with Crippen molar-refractivity contribution in [2.75, 3.05) is 6.54 Å². The lowest BCUT2D eigenvalue weighted by atomic mass is 10.1. The molecule has 0 unspecified atom stereocenters. The van der Waals surface area contributed by atoms with Gasteiger partial charge in [-0.2, -0.15) is 0 Å². The molecule has 64 valence electrons. The Morgan fingerprint density at radius 3 is 2.18 bits per heavy atom. The van der Waals surface area contributed by atoms with Gasteiger partial charge in [-0.15, -0.1) is 0 Å². The minimum Gasteiger partial charge on any atom is -0.327 e.